The Balaban J connectivity index is 1.62. The van der Waals surface area contributed by atoms with Gasteiger partial charge in [-0.05, 0) is 44.1 Å². The van der Waals surface area contributed by atoms with Gasteiger partial charge in [-0.3, -0.25) is 4.68 Å². The van der Waals surface area contributed by atoms with E-state index in [2.05, 4.69) is 20.4 Å². The highest BCUT2D eigenvalue weighted by molar-refractivity contribution is 6.39. The molecule has 3 aromatic heterocycles. The van der Waals surface area contributed by atoms with Crippen molar-refractivity contribution >= 4 is 39.9 Å². The molecule has 1 aliphatic rings. The average Bonchev–Trinajstić information content (AvgIpc) is 3.41. The molecule has 4 N–H and O–H groups in total. The fourth-order valence-electron chi connectivity index (χ4n) is 4.02. The van der Waals surface area contributed by atoms with Crippen LogP contribution in [-0.4, -0.2) is 32.8 Å². The predicted octanol–water partition coefficient (Wildman–Crippen LogP) is 5.05. The van der Waals surface area contributed by atoms with Gasteiger partial charge in [-0.1, -0.05) is 23.2 Å². The minimum Gasteiger partial charge on any atom is -0.382 e. The number of nitrogens with one attached hydrogen (secondary N) is 2. The van der Waals surface area contributed by atoms with Crippen LogP contribution in [0.15, 0.2) is 36.8 Å². The fourth-order valence-corrected chi connectivity index (χ4v) is 4.60. The molecule has 4 aromatic rings. The number of pyridine rings is 1. The van der Waals surface area contributed by atoms with Gasteiger partial charge < -0.3 is 16.0 Å². The van der Waals surface area contributed by atoms with Crippen LogP contribution in [0.25, 0.3) is 33.3 Å². The van der Waals surface area contributed by atoms with Gasteiger partial charge in [0.25, 0.3) is 0 Å². The molecule has 30 heavy (non-hydrogen) atoms. The van der Waals surface area contributed by atoms with Gasteiger partial charge in [-0.15, -0.1) is 0 Å². The van der Waals surface area contributed by atoms with E-state index in [1.807, 2.05) is 23.1 Å². The van der Waals surface area contributed by atoms with Gasteiger partial charge in [0, 0.05) is 40.2 Å². The maximum atomic E-state index is 14.0. The summed E-state index contributed by atoms with van der Waals surface area (Å²) in [5, 5.41) is 9.10. The van der Waals surface area contributed by atoms with E-state index < -0.39 is 5.82 Å². The summed E-state index contributed by atoms with van der Waals surface area (Å²) in [5.41, 5.74) is 9.55. The number of hydrogen-bond acceptors (Lipinski definition) is 4. The van der Waals surface area contributed by atoms with Crippen LogP contribution in [0.4, 0.5) is 10.2 Å². The van der Waals surface area contributed by atoms with Crippen LogP contribution in [0.2, 0.25) is 10.0 Å². The van der Waals surface area contributed by atoms with Crippen LogP contribution in [0.5, 0.6) is 0 Å². The molecule has 0 atom stereocenters. The van der Waals surface area contributed by atoms with E-state index in [1.165, 1.54) is 12.1 Å². The predicted molar refractivity (Wildman–Crippen MR) is 118 cm³/mol. The molecule has 1 saturated heterocycles. The monoisotopic (exact) mass is 444 g/mol. The highest BCUT2D eigenvalue weighted by Crippen LogP contribution is 2.40. The maximum Gasteiger partial charge on any atom is 0.147 e. The van der Waals surface area contributed by atoms with Crippen LogP contribution in [0.1, 0.15) is 18.9 Å². The van der Waals surface area contributed by atoms with Crippen molar-refractivity contribution in [3.63, 3.8) is 0 Å². The summed E-state index contributed by atoms with van der Waals surface area (Å²) in [6.07, 6.45) is 7.69. The first-order chi connectivity index (χ1) is 14.5. The molecule has 0 spiro atoms. The first-order valence-electron chi connectivity index (χ1n) is 9.69. The number of rotatable bonds is 3. The van der Waals surface area contributed by atoms with Crippen molar-refractivity contribution in [3.05, 3.63) is 52.7 Å². The van der Waals surface area contributed by atoms with Crippen molar-refractivity contribution in [1.29, 1.82) is 0 Å². The normalized spacial score (nSPS) is 15.2. The number of piperidine rings is 1. The second-order valence-electron chi connectivity index (χ2n) is 7.44. The molecular weight excluding hydrogens is 426 g/mol. The Hall–Kier alpha value is -2.61. The number of aromatic nitrogens is 4. The zero-order valence-electron chi connectivity index (χ0n) is 15.9. The molecule has 154 valence electrons. The number of nitrogens with zero attached hydrogens (tertiary/aromatic N) is 3. The third-order valence-corrected chi connectivity index (χ3v) is 6.29. The zero-order chi connectivity index (χ0) is 20.8. The smallest absolute Gasteiger partial charge is 0.147 e. The summed E-state index contributed by atoms with van der Waals surface area (Å²) < 4.78 is 16.1. The summed E-state index contributed by atoms with van der Waals surface area (Å²) in [6.45, 7) is 1.98. The summed E-state index contributed by atoms with van der Waals surface area (Å²) in [4.78, 5) is 7.55. The second kappa shape index (κ2) is 7.58. The number of halogens is 3. The van der Waals surface area contributed by atoms with Gasteiger partial charge in [0.15, 0.2) is 0 Å². The molecule has 1 aliphatic heterocycles. The lowest BCUT2D eigenvalue weighted by atomic mass is 10.1. The Morgan fingerprint density at radius 1 is 1.17 bits per heavy atom. The third-order valence-electron chi connectivity index (χ3n) is 5.61. The molecule has 0 amide bonds. The van der Waals surface area contributed by atoms with Crippen LogP contribution in [0.3, 0.4) is 0 Å². The van der Waals surface area contributed by atoms with E-state index in [9.17, 15) is 4.39 Å². The SMILES string of the molecule is Nc1ncc(-c2cnn(C3CCNCC3)c2)c2cc(-c3c(Cl)ccc(F)c3Cl)[nH]c12. The number of nitrogens with two attached hydrogens (primary N) is 1. The summed E-state index contributed by atoms with van der Waals surface area (Å²) >= 11 is 12.5. The molecule has 0 radical (unpaired) electrons. The van der Waals surface area contributed by atoms with Gasteiger partial charge >= 0.3 is 0 Å². The Bertz CT molecular complexity index is 1240. The van der Waals surface area contributed by atoms with E-state index in [4.69, 9.17) is 28.9 Å². The number of hydrogen-bond donors (Lipinski definition) is 3. The second-order valence-corrected chi connectivity index (χ2v) is 8.22. The topological polar surface area (TPSA) is 84.5 Å². The first kappa shape index (κ1) is 19.4. The van der Waals surface area contributed by atoms with Crippen molar-refractivity contribution in [2.75, 3.05) is 18.8 Å². The molecule has 5 rings (SSSR count). The molecule has 0 unspecified atom stereocenters. The highest BCUT2D eigenvalue weighted by atomic mass is 35.5. The Labute approximate surface area is 182 Å². The highest BCUT2D eigenvalue weighted by Gasteiger charge is 2.20. The maximum absolute atomic E-state index is 14.0. The number of H-pyrrole nitrogens is 1. The van der Waals surface area contributed by atoms with Crippen LogP contribution >= 0.6 is 23.2 Å². The minimum absolute atomic E-state index is 0.0409. The minimum atomic E-state index is -0.538. The van der Waals surface area contributed by atoms with Crippen molar-refractivity contribution in [1.82, 2.24) is 25.1 Å². The van der Waals surface area contributed by atoms with Crippen LogP contribution < -0.4 is 11.1 Å². The number of aromatic amines is 1. The molecule has 0 saturated carbocycles. The molecular formula is C21H19Cl2FN6. The molecule has 1 fully saturated rings. The number of fused-ring (bicyclic) bond motifs is 1. The van der Waals surface area contributed by atoms with Gasteiger partial charge in [0.1, 0.15) is 11.6 Å². The van der Waals surface area contributed by atoms with Crippen molar-refractivity contribution in [2.45, 2.75) is 18.9 Å². The van der Waals surface area contributed by atoms with Gasteiger partial charge in [0.2, 0.25) is 0 Å². The first-order valence-corrected chi connectivity index (χ1v) is 10.4. The van der Waals surface area contributed by atoms with E-state index in [-0.39, 0.29) is 5.02 Å². The molecule has 0 bridgehead atoms. The number of nitrogen functional groups attached to an aromatic ring is 1. The summed E-state index contributed by atoms with van der Waals surface area (Å²) in [7, 11) is 0. The average molecular weight is 445 g/mol. The Morgan fingerprint density at radius 3 is 2.77 bits per heavy atom. The summed E-state index contributed by atoms with van der Waals surface area (Å²) in [5.74, 6) is -0.196. The van der Waals surface area contributed by atoms with Crippen molar-refractivity contribution < 1.29 is 4.39 Å². The van der Waals surface area contributed by atoms with E-state index >= 15 is 0 Å². The van der Waals surface area contributed by atoms with Crippen LogP contribution in [0, 0.1) is 5.82 Å². The lowest BCUT2D eigenvalue weighted by Crippen LogP contribution is -2.29. The van der Waals surface area contributed by atoms with E-state index in [0.29, 0.717) is 33.7 Å². The zero-order valence-corrected chi connectivity index (χ0v) is 17.4. The van der Waals surface area contributed by atoms with Crippen molar-refractivity contribution in [2.24, 2.45) is 0 Å². The Kier molecular flexibility index (Phi) is 4.89. The van der Waals surface area contributed by atoms with Gasteiger partial charge in [-0.2, -0.15) is 5.10 Å². The number of benzene rings is 1. The number of anilines is 1. The molecule has 6 nitrogen and oxygen atoms in total. The molecule has 1 aromatic carbocycles. The van der Waals surface area contributed by atoms with Gasteiger partial charge in [-0.25, -0.2) is 9.37 Å². The Morgan fingerprint density at radius 2 is 1.97 bits per heavy atom. The lowest BCUT2D eigenvalue weighted by molar-refractivity contribution is 0.343. The van der Waals surface area contributed by atoms with E-state index in [0.717, 1.165) is 42.4 Å². The quantitative estimate of drug-likeness (QED) is 0.386. The lowest BCUT2D eigenvalue weighted by Gasteiger charge is -2.22. The fraction of sp³-hybridized carbons (Fsp3) is 0.238. The standard InChI is InChI=1S/C21H19Cl2FN6/c22-15-1-2-16(24)19(23)18(15)17-7-13-14(9-27-21(25)20(13)29-17)11-8-28-30(10-11)12-3-5-26-6-4-12/h1-2,7-10,12,26,29H,3-6H2,(H2,25,27). The molecule has 4 heterocycles. The van der Waals surface area contributed by atoms with Gasteiger partial charge in [0.05, 0.1) is 27.8 Å². The largest absolute Gasteiger partial charge is 0.382 e. The summed E-state index contributed by atoms with van der Waals surface area (Å²) in [6, 6.07) is 4.98. The third kappa shape index (κ3) is 3.23. The van der Waals surface area contributed by atoms with E-state index in [1.54, 1.807) is 6.20 Å². The molecule has 0 aliphatic carbocycles. The van der Waals surface area contributed by atoms with Crippen molar-refractivity contribution in [3.8, 4) is 22.4 Å². The molecule has 9 heteroatoms. The van der Waals surface area contributed by atoms with Crippen LogP contribution in [-0.2, 0) is 0 Å².